The van der Waals surface area contributed by atoms with E-state index in [9.17, 15) is 22.0 Å². The maximum Gasteiger partial charge on any atom is 0.449 e. The fraction of sp³-hybridized carbons (Fsp3) is 0.565. The van der Waals surface area contributed by atoms with Crippen molar-refractivity contribution in [3.8, 4) is 5.75 Å². The Morgan fingerprint density at radius 2 is 1.38 bits per heavy atom. The predicted octanol–water partition coefficient (Wildman–Crippen LogP) is 8.00. The predicted molar refractivity (Wildman–Crippen MR) is 103 cm³/mol. The third-order valence-corrected chi connectivity index (χ3v) is 6.57. The molecule has 0 aromatic heterocycles. The Bertz CT molecular complexity index is 706. The van der Waals surface area contributed by atoms with Crippen LogP contribution >= 0.6 is 0 Å². The molecule has 1 aromatic carbocycles. The second-order valence-electron chi connectivity index (χ2n) is 8.28. The van der Waals surface area contributed by atoms with Gasteiger partial charge in [-0.15, -0.1) is 6.58 Å². The van der Waals surface area contributed by atoms with Crippen LogP contribution in [0.4, 0.5) is 22.0 Å². The smallest absolute Gasteiger partial charge is 0.430 e. The van der Waals surface area contributed by atoms with Crippen LogP contribution in [0.15, 0.2) is 48.8 Å². The van der Waals surface area contributed by atoms with Crippen molar-refractivity contribution in [3.63, 3.8) is 0 Å². The summed E-state index contributed by atoms with van der Waals surface area (Å²) in [5, 5.41) is 0. The lowest BCUT2D eigenvalue weighted by molar-refractivity contribution is -0.114. The van der Waals surface area contributed by atoms with Crippen LogP contribution < -0.4 is 4.74 Å². The van der Waals surface area contributed by atoms with Gasteiger partial charge in [0.1, 0.15) is 5.75 Å². The summed E-state index contributed by atoms with van der Waals surface area (Å²) in [5.74, 6) is -0.379. The van der Waals surface area contributed by atoms with Crippen LogP contribution in [0, 0.1) is 17.8 Å². The van der Waals surface area contributed by atoms with Gasteiger partial charge in [0.25, 0.3) is 5.83 Å². The lowest BCUT2D eigenvalue weighted by atomic mass is 9.68. The monoisotopic (exact) mass is 414 g/mol. The van der Waals surface area contributed by atoms with E-state index in [-0.39, 0.29) is 5.75 Å². The lowest BCUT2D eigenvalue weighted by Crippen LogP contribution is -2.25. The summed E-state index contributed by atoms with van der Waals surface area (Å²) in [7, 11) is 0. The molecule has 160 valence electrons. The standard InChI is InChI=1S/C23H27F5O/c1-2-15-3-5-16(6-4-15)17-7-9-18(10-8-17)19-11-13-20(14-12-19)29-22(25)21(24)23(26,27)28/h2,11-18H,1,3-10H2. The van der Waals surface area contributed by atoms with Gasteiger partial charge in [-0.3, -0.25) is 0 Å². The zero-order valence-electron chi connectivity index (χ0n) is 16.4. The fourth-order valence-electron chi connectivity index (χ4n) is 4.84. The van der Waals surface area contributed by atoms with Gasteiger partial charge in [-0.2, -0.15) is 22.0 Å². The van der Waals surface area contributed by atoms with Gasteiger partial charge >= 0.3 is 12.2 Å². The highest BCUT2D eigenvalue weighted by atomic mass is 19.4. The van der Waals surface area contributed by atoms with Crippen molar-refractivity contribution < 1.29 is 26.7 Å². The Morgan fingerprint density at radius 1 is 0.862 bits per heavy atom. The second-order valence-corrected chi connectivity index (χ2v) is 8.28. The van der Waals surface area contributed by atoms with Crippen molar-refractivity contribution in [1.82, 2.24) is 0 Å². The molecule has 0 heterocycles. The molecule has 0 atom stereocenters. The molecule has 2 saturated carbocycles. The van der Waals surface area contributed by atoms with Crippen LogP contribution in [0.5, 0.6) is 5.75 Å². The number of hydrogen-bond acceptors (Lipinski definition) is 1. The van der Waals surface area contributed by atoms with Crippen molar-refractivity contribution >= 4 is 0 Å². The number of ether oxygens (including phenoxy) is 1. The number of halogens is 5. The summed E-state index contributed by atoms with van der Waals surface area (Å²) in [5.41, 5.74) is 1.06. The summed E-state index contributed by atoms with van der Waals surface area (Å²) in [6, 6.07) is 3.97. The van der Waals surface area contributed by atoms with E-state index in [1.165, 1.54) is 50.7 Å². The molecular formula is C23H27F5O. The normalized spacial score (nSPS) is 29.1. The highest BCUT2D eigenvalue weighted by molar-refractivity contribution is 5.31. The molecule has 0 N–H and O–H groups in total. The molecule has 29 heavy (non-hydrogen) atoms. The van der Waals surface area contributed by atoms with Gasteiger partial charge in [0, 0.05) is 0 Å². The summed E-state index contributed by atoms with van der Waals surface area (Å²) in [4.78, 5) is 0. The molecule has 0 saturated heterocycles. The van der Waals surface area contributed by atoms with Crippen LogP contribution in [0.1, 0.15) is 62.8 Å². The number of benzene rings is 1. The summed E-state index contributed by atoms with van der Waals surface area (Å²) in [6.45, 7) is 3.91. The Morgan fingerprint density at radius 3 is 1.86 bits per heavy atom. The molecule has 0 radical (unpaired) electrons. The van der Waals surface area contributed by atoms with Gasteiger partial charge in [-0.05, 0) is 92.7 Å². The van der Waals surface area contributed by atoms with Crippen LogP contribution in [-0.2, 0) is 0 Å². The van der Waals surface area contributed by atoms with Gasteiger partial charge < -0.3 is 4.74 Å². The number of allylic oxidation sites excluding steroid dienone is 2. The van der Waals surface area contributed by atoms with E-state index in [1.54, 1.807) is 12.1 Å². The van der Waals surface area contributed by atoms with Crippen LogP contribution in [0.3, 0.4) is 0 Å². The highest BCUT2D eigenvalue weighted by Gasteiger charge is 2.39. The molecule has 3 rings (SSSR count). The minimum absolute atomic E-state index is 0.154. The SMILES string of the molecule is C=CC1CCC(C2CCC(c3ccc(OC(F)=C(F)C(F)(F)F)cc3)CC2)CC1. The van der Waals surface area contributed by atoms with Crippen molar-refractivity contribution in [2.45, 2.75) is 63.5 Å². The lowest BCUT2D eigenvalue weighted by Gasteiger charge is -2.37. The first-order valence-electron chi connectivity index (χ1n) is 10.3. The molecule has 2 aliphatic carbocycles. The molecule has 0 amide bonds. The summed E-state index contributed by atoms with van der Waals surface area (Å²) >= 11 is 0. The van der Waals surface area contributed by atoms with Crippen LogP contribution in [0.2, 0.25) is 0 Å². The fourth-order valence-corrected chi connectivity index (χ4v) is 4.84. The Labute approximate surface area is 168 Å². The Kier molecular flexibility index (Phi) is 7.01. The zero-order chi connectivity index (χ0) is 21.0. The average Bonchev–Trinajstić information content (AvgIpc) is 2.73. The topological polar surface area (TPSA) is 9.23 Å². The van der Waals surface area contributed by atoms with Crippen LogP contribution in [0.25, 0.3) is 0 Å². The first-order chi connectivity index (χ1) is 13.8. The largest absolute Gasteiger partial charge is 0.449 e. The van der Waals surface area contributed by atoms with E-state index in [0.29, 0.717) is 11.8 Å². The minimum Gasteiger partial charge on any atom is -0.430 e. The third kappa shape index (κ3) is 5.61. The first kappa shape index (κ1) is 21.8. The molecule has 0 unspecified atom stereocenters. The average molecular weight is 414 g/mol. The second kappa shape index (κ2) is 9.31. The minimum atomic E-state index is -5.40. The quantitative estimate of drug-likeness (QED) is 0.269. The van der Waals surface area contributed by atoms with E-state index in [2.05, 4.69) is 17.4 Å². The van der Waals surface area contributed by atoms with Gasteiger partial charge in [-0.25, -0.2) is 0 Å². The van der Waals surface area contributed by atoms with Gasteiger partial charge in [0.05, 0.1) is 0 Å². The van der Waals surface area contributed by atoms with Crippen molar-refractivity contribution in [2.75, 3.05) is 0 Å². The van der Waals surface area contributed by atoms with Crippen molar-refractivity contribution in [1.29, 1.82) is 0 Å². The van der Waals surface area contributed by atoms with Gasteiger partial charge in [-0.1, -0.05) is 18.2 Å². The van der Waals surface area contributed by atoms with Crippen molar-refractivity contribution in [3.05, 3.63) is 54.3 Å². The van der Waals surface area contributed by atoms with Gasteiger partial charge in [0.15, 0.2) is 0 Å². The summed E-state index contributed by atoms with van der Waals surface area (Å²) in [6.07, 6.45) is 6.25. The van der Waals surface area contributed by atoms with E-state index in [1.807, 2.05) is 0 Å². The molecular weight excluding hydrogens is 387 g/mol. The number of rotatable bonds is 5. The maximum absolute atomic E-state index is 13.3. The zero-order valence-corrected chi connectivity index (χ0v) is 16.4. The molecule has 0 bridgehead atoms. The van der Waals surface area contributed by atoms with E-state index in [0.717, 1.165) is 30.2 Å². The Balaban J connectivity index is 1.52. The van der Waals surface area contributed by atoms with Gasteiger partial charge in [0.2, 0.25) is 0 Å². The number of hydrogen-bond donors (Lipinski definition) is 0. The molecule has 2 fully saturated rings. The van der Waals surface area contributed by atoms with Crippen LogP contribution in [-0.4, -0.2) is 6.18 Å². The molecule has 1 nitrogen and oxygen atoms in total. The maximum atomic E-state index is 13.3. The highest BCUT2D eigenvalue weighted by Crippen LogP contribution is 2.44. The van der Waals surface area contributed by atoms with E-state index < -0.39 is 18.0 Å². The molecule has 1 aromatic rings. The molecule has 2 aliphatic rings. The number of alkyl halides is 3. The van der Waals surface area contributed by atoms with E-state index in [4.69, 9.17) is 0 Å². The first-order valence-corrected chi connectivity index (χ1v) is 10.3. The third-order valence-electron chi connectivity index (χ3n) is 6.57. The van der Waals surface area contributed by atoms with Crippen molar-refractivity contribution in [2.24, 2.45) is 17.8 Å². The Hall–Kier alpha value is -1.85. The molecule has 0 spiro atoms. The molecule has 0 aliphatic heterocycles. The molecule has 6 heteroatoms. The summed E-state index contributed by atoms with van der Waals surface area (Å²) < 4.78 is 66.9. The van der Waals surface area contributed by atoms with E-state index >= 15 is 0 Å².